The number of hydrogen-bond donors (Lipinski definition) is 3. The van der Waals surface area contributed by atoms with Crippen LogP contribution in [0.3, 0.4) is 0 Å². The lowest BCUT2D eigenvalue weighted by Gasteiger charge is -2.01. The van der Waals surface area contributed by atoms with E-state index in [2.05, 4.69) is 20.3 Å². The summed E-state index contributed by atoms with van der Waals surface area (Å²) in [4.78, 5) is 35.2. The van der Waals surface area contributed by atoms with Crippen molar-refractivity contribution in [3.05, 3.63) is 34.3 Å². The summed E-state index contributed by atoms with van der Waals surface area (Å²) in [5.74, 6) is 0.0449. The number of carboxylic acids is 1. The molecule has 1 aliphatic heterocycles. The lowest BCUT2D eigenvalue weighted by atomic mass is 10.0. The van der Waals surface area contributed by atoms with Crippen LogP contribution < -0.4 is 5.32 Å². The molecule has 7 nitrogen and oxygen atoms in total. The van der Waals surface area contributed by atoms with Gasteiger partial charge in [0.1, 0.15) is 11.5 Å². The van der Waals surface area contributed by atoms with E-state index in [1.165, 1.54) is 11.8 Å². The Kier molecular flexibility index (Phi) is 4.63. The molecule has 8 heteroatoms. The van der Waals surface area contributed by atoms with Crippen LogP contribution in [0.4, 0.5) is 5.82 Å². The molecule has 1 amide bonds. The number of fused-ring (bicyclic) bond motifs is 1. The third kappa shape index (κ3) is 3.05. The lowest BCUT2D eigenvalue weighted by molar-refractivity contribution is -0.110. The number of carbonyl (C=O) groups excluding carboxylic acids is 1. The Morgan fingerprint density at radius 2 is 2.16 bits per heavy atom. The molecule has 0 saturated carbocycles. The number of thioether (sulfide) groups is 1. The number of anilines is 1. The molecule has 3 heterocycles. The monoisotopic (exact) mass is 358 g/mol. The first kappa shape index (κ1) is 17.2. The maximum atomic E-state index is 12.3. The number of aromatic amines is 1. The van der Waals surface area contributed by atoms with Gasteiger partial charge in [-0.3, -0.25) is 4.79 Å². The molecule has 0 spiro atoms. The van der Waals surface area contributed by atoms with E-state index in [0.29, 0.717) is 39.8 Å². The SMILES string of the molecule is CCSc1ncc2c(n1)NC(=O)C2=Cc1[nH]c(C(=O)O)c(C)c1CC. The van der Waals surface area contributed by atoms with E-state index in [1.54, 1.807) is 19.2 Å². The number of aromatic nitrogens is 3. The highest BCUT2D eigenvalue weighted by molar-refractivity contribution is 7.99. The van der Waals surface area contributed by atoms with Crippen LogP contribution >= 0.6 is 11.8 Å². The highest BCUT2D eigenvalue weighted by Crippen LogP contribution is 2.33. The summed E-state index contributed by atoms with van der Waals surface area (Å²) >= 11 is 1.50. The third-order valence-corrected chi connectivity index (χ3v) is 4.82. The smallest absolute Gasteiger partial charge is 0.352 e. The Morgan fingerprint density at radius 1 is 1.40 bits per heavy atom. The summed E-state index contributed by atoms with van der Waals surface area (Å²) in [5.41, 5.74) is 3.39. The van der Waals surface area contributed by atoms with Gasteiger partial charge >= 0.3 is 5.97 Å². The second kappa shape index (κ2) is 6.72. The van der Waals surface area contributed by atoms with E-state index in [1.807, 2.05) is 13.8 Å². The van der Waals surface area contributed by atoms with Crippen LogP contribution in [0.25, 0.3) is 11.6 Å². The molecule has 0 radical (unpaired) electrons. The largest absolute Gasteiger partial charge is 0.477 e. The van der Waals surface area contributed by atoms with Gasteiger partial charge in [0.2, 0.25) is 0 Å². The normalized spacial score (nSPS) is 14.7. The standard InChI is InChI=1S/C17H18N4O3S/c1-4-9-8(3)13(16(23)24)19-12(9)6-10-11-7-18-17(25-5-2)21-14(11)20-15(10)22/h6-7,19H,4-5H2,1-3H3,(H,23,24)(H,18,20,21,22). The quantitative estimate of drug-likeness (QED) is 0.431. The van der Waals surface area contributed by atoms with E-state index in [-0.39, 0.29) is 11.6 Å². The molecule has 0 atom stereocenters. The average molecular weight is 358 g/mol. The minimum atomic E-state index is -1.02. The van der Waals surface area contributed by atoms with E-state index >= 15 is 0 Å². The molecule has 0 aliphatic carbocycles. The maximum absolute atomic E-state index is 12.3. The number of nitrogens with one attached hydrogen (secondary N) is 2. The Labute approximate surface area is 149 Å². The van der Waals surface area contributed by atoms with Gasteiger partial charge in [0, 0.05) is 17.5 Å². The number of amides is 1. The average Bonchev–Trinajstić information content (AvgIpc) is 3.05. The van der Waals surface area contributed by atoms with E-state index in [9.17, 15) is 14.7 Å². The first-order valence-electron chi connectivity index (χ1n) is 7.94. The molecule has 25 heavy (non-hydrogen) atoms. The second-order valence-corrected chi connectivity index (χ2v) is 6.77. The minimum absolute atomic E-state index is 0.147. The molecule has 0 saturated heterocycles. The van der Waals surface area contributed by atoms with Crippen LogP contribution in [0.5, 0.6) is 0 Å². The molecular weight excluding hydrogens is 340 g/mol. The number of H-pyrrole nitrogens is 1. The fourth-order valence-electron chi connectivity index (χ4n) is 2.89. The molecule has 1 aliphatic rings. The van der Waals surface area contributed by atoms with Crippen molar-refractivity contribution in [3.63, 3.8) is 0 Å². The van der Waals surface area contributed by atoms with Crippen molar-refractivity contribution < 1.29 is 14.7 Å². The number of carboxylic acid groups (broad SMARTS) is 1. The van der Waals surface area contributed by atoms with Gasteiger partial charge < -0.3 is 15.4 Å². The zero-order valence-corrected chi connectivity index (χ0v) is 15.0. The van der Waals surface area contributed by atoms with Crippen molar-refractivity contribution in [2.24, 2.45) is 0 Å². The van der Waals surface area contributed by atoms with Crippen molar-refractivity contribution in [1.82, 2.24) is 15.0 Å². The highest BCUT2D eigenvalue weighted by Gasteiger charge is 2.27. The van der Waals surface area contributed by atoms with Crippen molar-refractivity contribution in [3.8, 4) is 0 Å². The number of carbonyl (C=O) groups is 2. The predicted octanol–water partition coefficient (Wildman–Crippen LogP) is 2.98. The molecule has 0 bridgehead atoms. The zero-order chi connectivity index (χ0) is 18.1. The summed E-state index contributed by atoms with van der Waals surface area (Å²) in [6.07, 6.45) is 3.96. The van der Waals surface area contributed by atoms with Crippen molar-refractivity contribution in [2.75, 3.05) is 11.1 Å². The molecule has 2 aromatic rings. The number of rotatable bonds is 5. The van der Waals surface area contributed by atoms with E-state index in [0.717, 1.165) is 11.3 Å². The van der Waals surface area contributed by atoms with Gasteiger partial charge in [-0.2, -0.15) is 0 Å². The maximum Gasteiger partial charge on any atom is 0.352 e. The summed E-state index contributed by atoms with van der Waals surface area (Å²) in [7, 11) is 0. The summed E-state index contributed by atoms with van der Waals surface area (Å²) in [5, 5.41) is 12.7. The highest BCUT2D eigenvalue weighted by atomic mass is 32.2. The molecule has 0 unspecified atom stereocenters. The molecule has 3 rings (SSSR count). The van der Waals surface area contributed by atoms with Crippen molar-refractivity contribution in [2.45, 2.75) is 32.3 Å². The van der Waals surface area contributed by atoms with Crippen LogP contribution in [-0.4, -0.2) is 37.7 Å². The van der Waals surface area contributed by atoms with Crippen LogP contribution in [0, 0.1) is 6.92 Å². The van der Waals surface area contributed by atoms with Gasteiger partial charge in [-0.15, -0.1) is 0 Å². The van der Waals surface area contributed by atoms with Gasteiger partial charge in [0.05, 0.1) is 5.57 Å². The molecule has 2 aromatic heterocycles. The van der Waals surface area contributed by atoms with E-state index < -0.39 is 5.97 Å². The van der Waals surface area contributed by atoms with Crippen LogP contribution in [-0.2, 0) is 11.2 Å². The first-order valence-corrected chi connectivity index (χ1v) is 8.92. The summed E-state index contributed by atoms with van der Waals surface area (Å²) in [6.45, 7) is 5.72. The predicted molar refractivity (Wildman–Crippen MR) is 96.8 cm³/mol. The third-order valence-electron chi connectivity index (χ3n) is 4.08. The molecular formula is C17H18N4O3S. The van der Waals surface area contributed by atoms with Gasteiger partial charge in [-0.05, 0) is 36.3 Å². The Bertz CT molecular complexity index is 902. The lowest BCUT2D eigenvalue weighted by Crippen LogP contribution is -2.04. The Balaban J connectivity index is 2.08. The van der Waals surface area contributed by atoms with Crippen LogP contribution in [0.2, 0.25) is 0 Å². The van der Waals surface area contributed by atoms with Crippen molar-refractivity contribution >= 4 is 41.1 Å². The topological polar surface area (TPSA) is 108 Å². The number of hydrogen-bond acceptors (Lipinski definition) is 5. The fourth-order valence-corrected chi connectivity index (χ4v) is 3.43. The van der Waals surface area contributed by atoms with Gasteiger partial charge in [-0.1, -0.05) is 25.6 Å². The first-order chi connectivity index (χ1) is 12.0. The summed E-state index contributed by atoms with van der Waals surface area (Å²) < 4.78 is 0. The molecule has 130 valence electrons. The number of nitrogens with zero attached hydrogens (tertiary/aromatic N) is 2. The van der Waals surface area contributed by atoms with Crippen molar-refractivity contribution in [1.29, 1.82) is 0 Å². The fraction of sp³-hybridized carbons (Fsp3) is 0.294. The van der Waals surface area contributed by atoms with Crippen LogP contribution in [0.15, 0.2) is 11.4 Å². The second-order valence-electron chi connectivity index (χ2n) is 5.54. The summed E-state index contributed by atoms with van der Waals surface area (Å²) in [6, 6.07) is 0. The number of aromatic carboxylic acids is 1. The van der Waals surface area contributed by atoms with Gasteiger partial charge in [0.25, 0.3) is 5.91 Å². The van der Waals surface area contributed by atoms with Gasteiger partial charge in [0.15, 0.2) is 5.16 Å². The Hall–Kier alpha value is -2.61. The minimum Gasteiger partial charge on any atom is -0.477 e. The molecule has 0 fully saturated rings. The zero-order valence-electron chi connectivity index (χ0n) is 14.1. The van der Waals surface area contributed by atoms with E-state index in [4.69, 9.17) is 0 Å². The van der Waals surface area contributed by atoms with Crippen LogP contribution in [0.1, 0.15) is 46.7 Å². The molecule has 3 N–H and O–H groups in total. The van der Waals surface area contributed by atoms with Gasteiger partial charge in [-0.25, -0.2) is 14.8 Å². The molecule has 0 aromatic carbocycles. The Morgan fingerprint density at radius 3 is 2.80 bits per heavy atom.